The number of carbonyl (C=O) groups is 2. The molecule has 2 aromatic carbocycles. The molecule has 0 N–H and O–H groups in total. The van der Waals surface area contributed by atoms with Gasteiger partial charge in [0.2, 0.25) is 5.78 Å². The number of halogens is 1. The van der Waals surface area contributed by atoms with Crippen LogP contribution in [0.3, 0.4) is 0 Å². The summed E-state index contributed by atoms with van der Waals surface area (Å²) in [6.07, 6.45) is 1.83. The van der Waals surface area contributed by atoms with E-state index in [0.717, 1.165) is 10.4 Å². The van der Waals surface area contributed by atoms with Gasteiger partial charge in [0.25, 0.3) is 0 Å². The van der Waals surface area contributed by atoms with Crippen molar-refractivity contribution in [1.82, 2.24) is 0 Å². The molecule has 1 aliphatic rings. The van der Waals surface area contributed by atoms with Crippen molar-refractivity contribution in [3.63, 3.8) is 0 Å². The number of ketones is 1. The van der Waals surface area contributed by atoms with E-state index in [1.165, 1.54) is 11.3 Å². The molecule has 4 nitrogen and oxygen atoms in total. The first-order chi connectivity index (χ1) is 13.1. The van der Waals surface area contributed by atoms with E-state index in [1.54, 1.807) is 48.5 Å². The lowest BCUT2D eigenvalue weighted by Crippen LogP contribution is -2.11. The third kappa shape index (κ3) is 3.94. The molecule has 6 heteroatoms. The molecule has 4 rings (SSSR count). The van der Waals surface area contributed by atoms with E-state index in [4.69, 9.17) is 21.1 Å². The predicted octanol–water partition coefficient (Wildman–Crippen LogP) is 5.17. The quantitative estimate of drug-likeness (QED) is 0.347. The molecular formula is C21H13ClO4S. The van der Waals surface area contributed by atoms with E-state index >= 15 is 0 Å². The second-order valence-corrected chi connectivity index (χ2v) is 7.31. The molecule has 0 fully saturated rings. The smallest absolute Gasteiger partial charge is 0.315 e. The molecule has 2 heterocycles. The van der Waals surface area contributed by atoms with Crippen molar-refractivity contribution in [2.75, 3.05) is 0 Å². The van der Waals surface area contributed by atoms with Crippen molar-refractivity contribution < 1.29 is 19.1 Å². The van der Waals surface area contributed by atoms with Crippen LogP contribution in [0.5, 0.6) is 11.5 Å². The molecule has 27 heavy (non-hydrogen) atoms. The number of ether oxygens (including phenoxy) is 2. The maximum atomic E-state index is 12.4. The minimum absolute atomic E-state index is 0.123. The molecule has 0 unspecified atom stereocenters. The van der Waals surface area contributed by atoms with Gasteiger partial charge >= 0.3 is 5.97 Å². The second-order valence-electron chi connectivity index (χ2n) is 5.89. The molecule has 0 spiro atoms. The average Bonchev–Trinajstić information content (AvgIpc) is 3.26. The van der Waals surface area contributed by atoms with Crippen molar-refractivity contribution in [2.24, 2.45) is 0 Å². The summed E-state index contributed by atoms with van der Waals surface area (Å²) in [6, 6.07) is 15.6. The summed E-state index contributed by atoms with van der Waals surface area (Å²) in [5.41, 5.74) is 1.26. The highest BCUT2D eigenvalue weighted by Crippen LogP contribution is 2.35. The fraction of sp³-hybridized carbons (Fsp3) is 0.0476. The fourth-order valence-corrected chi connectivity index (χ4v) is 3.44. The van der Waals surface area contributed by atoms with Crippen LogP contribution >= 0.6 is 22.9 Å². The summed E-state index contributed by atoms with van der Waals surface area (Å²) >= 11 is 7.36. The second kappa shape index (κ2) is 7.39. The summed E-state index contributed by atoms with van der Waals surface area (Å²) in [5, 5.41) is 2.54. The monoisotopic (exact) mass is 396 g/mol. The van der Waals surface area contributed by atoms with E-state index in [9.17, 15) is 9.59 Å². The van der Waals surface area contributed by atoms with Crippen molar-refractivity contribution in [3.05, 3.63) is 86.8 Å². The van der Waals surface area contributed by atoms with Gasteiger partial charge in [-0.25, -0.2) is 0 Å². The summed E-state index contributed by atoms with van der Waals surface area (Å²) in [7, 11) is 0. The van der Waals surface area contributed by atoms with Crippen LogP contribution in [0.2, 0.25) is 5.02 Å². The number of esters is 1. The Morgan fingerprint density at radius 2 is 1.96 bits per heavy atom. The van der Waals surface area contributed by atoms with E-state index in [-0.39, 0.29) is 18.0 Å². The molecule has 0 aliphatic carbocycles. The van der Waals surface area contributed by atoms with E-state index in [2.05, 4.69) is 0 Å². The number of fused-ring (bicyclic) bond motifs is 1. The lowest BCUT2D eigenvalue weighted by Gasteiger charge is -2.06. The van der Waals surface area contributed by atoms with Gasteiger partial charge in [0.1, 0.15) is 11.5 Å². The van der Waals surface area contributed by atoms with Gasteiger partial charge < -0.3 is 9.47 Å². The number of rotatable bonds is 4. The van der Waals surface area contributed by atoms with E-state index in [1.807, 2.05) is 17.5 Å². The van der Waals surface area contributed by atoms with E-state index in [0.29, 0.717) is 22.1 Å². The Labute approximate surface area is 164 Å². The topological polar surface area (TPSA) is 52.6 Å². The Morgan fingerprint density at radius 3 is 2.70 bits per heavy atom. The molecule has 1 aliphatic heterocycles. The van der Waals surface area contributed by atoms with Gasteiger partial charge in [-0.3, -0.25) is 9.59 Å². The SMILES string of the molecule is O=C(Cc1ccc(Cl)cc1)Oc1ccc2c(c1)O/C(=C\c1cccs1)C2=O. The Morgan fingerprint density at radius 1 is 1.15 bits per heavy atom. The largest absolute Gasteiger partial charge is 0.452 e. The standard InChI is InChI=1S/C21H13ClO4S/c22-14-5-3-13(4-6-14)10-20(23)25-15-7-8-17-18(11-15)26-19(21(17)24)12-16-2-1-9-27-16/h1-9,11-12H,10H2/b19-12-. The summed E-state index contributed by atoms with van der Waals surface area (Å²) in [6.45, 7) is 0. The molecule has 0 bridgehead atoms. The van der Waals surface area contributed by atoms with Crippen LogP contribution < -0.4 is 9.47 Å². The minimum atomic E-state index is -0.407. The van der Waals surface area contributed by atoms with Crippen LogP contribution in [0.1, 0.15) is 20.8 Å². The lowest BCUT2D eigenvalue weighted by molar-refractivity contribution is -0.133. The zero-order valence-electron chi connectivity index (χ0n) is 14.0. The third-order valence-electron chi connectivity index (χ3n) is 3.95. The normalized spacial score (nSPS) is 14.1. The third-order valence-corrected chi connectivity index (χ3v) is 5.02. The summed E-state index contributed by atoms with van der Waals surface area (Å²) < 4.78 is 11.0. The lowest BCUT2D eigenvalue weighted by atomic mass is 10.1. The van der Waals surface area contributed by atoms with Crippen molar-refractivity contribution in [3.8, 4) is 11.5 Å². The van der Waals surface area contributed by atoms with Crippen molar-refractivity contribution in [2.45, 2.75) is 6.42 Å². The molecule has 3 aromatic rings. The first-order valence-corrected chi connectivity index (χ1v) is 9.41. The number of allylic oxidation sites excluding steroid dienone is 1. The summed E-state index contributed by atoms with van der Waals surface area (Å²) in [4.78, 5) is 25.5. The predicted molar refractivity (Wildman–Crippen MR) is 104 cm³/mol. The first-order valence-electron chi connectivity index (χ1n) is 8.15. The Kier molecular flexibility index (Phi) is 4.79. The van der Waals surface area contributed by atoms with Crippen LogP contribution in [0, 0.1) is 0 Å². The highest BCUT2D eigenvalue weighted by Gasteiger charge is 2.28. The number of benzene rings is 2. The van der Waals surface area contributed by atoms with Crippen molar-refractivity contribution in [1.29, 1.82) is 0 Å². The summed E-state index contributed by atoms with van der Waals surface area (Å²) in [5.74, 6) is 0.392. The minimum Gasteiger partial charge on any atom is -0.452 e. The molecule has 0 saturated heterocycles. The van der Waals surface area contributed by atoms with Gasteiger partial charge in [0.05, 0.1) is 12.0 Å². The van der Waals surface area contributed by atoms with E-state index < -0.39 is 5.97 Å². The van der Waals surface area contributed by atoms with Gasteiger partial charge in [0, 0.05) is 22.0 Å². The molecule has 0 amide bonds. The fourth-order valence-electron chi connectivity index (χ4n) is 2.67. The Hall–Kier alpha value is -2.89. The van der Waals surface area contributed by atoms with Crippen LogP contribution in [-0.2, 0) is 11.2 Å². The van der Waals surface area contributed by atoms with Crippen LogP contribution in [-0.4, -0.2) is 11.8 Å². The van der Waals surface area contributed by atoms with Crippen molar-refractivity contribution >= 4 is 40.8 Å². The van der Waals surface area contributed by atoms with Crippen LogP contribution in [0.25, 0.3) is 6.08 Å². The number of hydrogen-bond acceptors (Lipinski definition) is 5. The number of thiophene rings is 1. The molecule has 0 atom stereocenters. The van der Waals surface area contributed by atoms with Gasteiger partial charge in [0.15, 0.2) is 5.76 Å². The highest BCUT2D eigenvalue weighted by molar-refractivity contribution is 7.10. The van der Waals surface area contributed by atoms with Gasteiger partial charge in [-0.15, -0.1) is 11.3 Å². The van der Waals surface area contributed by atoms with Crippen LogP contribution in [0.4, 0.5) is 0 Å². The molecular weight excluding hydrogens is 384 g/mol. The first kappa shape index (κ1) is 17.5. The zero-order valence-corrected chi connectivity index (χ0v) is 15.5. The molecule has 0 radical (unpaired) electrons. The maximum absolute atomic E-state index is 12.4. The Balaban J connectivity index is 1.47. The molecule has 134 valence electrons. The Bertz CT molecular complexity index is 1040. The number of carbonyl (C=O) groups excluding carboxylic acids is 2. The maximum Gasteiger partial charge on any atom is 0.315 e. The molecule has 0 saturated carbocycles. The molecule has 1 aromatic heterocycles. The zero-order chi connectivity index (χ0) is 18.8. The van der Waals surface area contributed by atoms with Gasteiger partial charge in [-0.2, -0.15) is 0 Å². The number of Topliss-reactive ketones (excluding diaryl/α,β-unsaturated/α-hetero) is 1. The highest BCUT2D eigenvalue weighted by atomic mass is 35.5. The number of hydrogen-bond donors (Lipinski definition) is 0. The van der Waals surface area contributed by atoms with Gasteiger partial charge in [-0.05, 0) is 41.3 Å². The average molecular weight is 397 g/mol. The van der Waals surface area contributed by atoms with Gasteiger partial charge in [-0.1, -0.05) is 29.8 Å². The van der Waals surface area contributed by atoms with Crippen LogP contribution in [0.15, 0.2) is 65.7 Å².